The van der Waals surface area contributed by atoms with Gasteiger partial charge in [-0.3, -0.25) is 4.31 Å². The summed E-state index contributed by atoms with van der Waals surface area (Å²) in [7, 11) is -3.57. The van der Waals surface area contributed by atoms with Crippen LogP contribution in [0, 0.1) is 6.92 Å². The number of hydrogen-bond donors (Lipinski definition) is 1. The van der Waals surface area contributed by atoms with Crippen molar-refractivity contribution in [2.24, 2.45) is 0 Å². The van der Waals surface area contributed by atoms with E-state index >= 15 is 0 Å². The molecule has 0 radical (unpaired) electrons. The fourth-order valence-electron chi connectivity index (χ4n) is 2.79. The zero-order chi connectivity index (χ0) is 20.1. The van der Waals surface area contributed by atoms with Crippen LogP contribution in [0.5, 0.6) is 11.5 Å². The first-order chi connectivity index (χ1) is 13.3. The molecule has 0 aliphatic carbocycles. The van der Waals surface area contributed by atoms with Crippen LogP contribution < -0.4 is 9.04 Å². The van der Waals surface area contributed by atoms with Gasteiger partial charge < -0.3 is 9.84 Å². The number of anilines is 1. The average molecular weight is 397 g/mol. The maximum atomic E-state index is 12.3. The van der Waals surface area contributed by atoms with Gasteiger partial charge >= 0.3 is 0 Å². The van der Waals surface area contributed by atoms with E-state index in [0.29, 0.717) is 22.7 Å². The first-order valence-corrected chi connectivity index (χ1v) is 10.7. The number of aryl methyl sites for hydroxylation is 1. The molecule has 0 aliphatic heterocycles. The van der Waals surface area contributed by atoms with Crippen molar-refractivity contribution in [1.29, 1.82) is 0 Å². The zero-order valence-electron chi connectivity index (χ0n) is 15.8. The molecule has 146 valence electrons. The minimum Gasteiger partial charge on any atom is -0.457 e. The maximum Gasteiger partial charge on any atom is 0.232 e. The molecular formula is C22H23NO4S. The number of aliphatic hydroxyl groups excluding tert-OH is 1. The lowest BCUT2D eigenvalue weighted by atomic mass is 10.1. The molecule has 3 aromatic rings. The summed E-state index contributed by atoms with van der Waals surface area (Å²) in [5.74, 6) is 1.31. The molecule has 3 aromatic carbocycles. The van der Waals surface area contributed by atoms with Crippen LogP contribution in [0.1, 0.15) is 17.2 Å². The van der Waals surface area contributed by atoms with Crippen LogP contribution in [0.25, 0.3) is 0 Å². The maximum absolute atomic E-state index is 12.3. The van der Waals surface area contributed by atoms with Crippen molar-refractivity contribution in [1.82, 2.24) is 0 Å². The van der Waals surface area contributed by atoms with E-state index in [4.69, 9.17) is 4.74 Å². The molecule has 1 unspecified atom stereocenters. The SMILES string of the molecule is Cc1ccc(Oc2ccc(N(CC(O)c3ccccc3)S(C)(=O)=O)cc2)cc1. The minimum atomic E-state index is -3.57. The van der Waals surface area contributed by atoms with E-state index in [1.54, 1.807) is 48.5 Å². The van der Waals surface area contributed by atoms with Gasteiger partial charge in [0.25, 0.3) is 0 Å². The smallest absolute Gasteiger partial charge is 0.232 e. The van der Waals surface area contributed by atoms with Crippen LogP contribution in [0.3, 0.4) is 0 Å². The highest BCUT2D eigenvalue weighted by atomic mass is 32.2. The number of aliphatic hydroxyl groups is 1. The molecule has 0 saturated heterocycles. The first-order valence-electron chi connectivity index (χ1n) is 8.88. The number of rotatable bonds is 7. The molecule has 0 saturated carbocycles. The van der Waals surface area contributed by atoms with Gasteiger partial charge in [-0.05, 0) is 48.9 Å². The standard InChI is InChI=1S/C22H23NO4S/c1-17-8-12-20(13-9-17)27-21-14-10-19(11-15-21)23(28(2,25)26)16-22(24)18-6-4-3-5-7-18/h3-15,22,24H,16H2,1-2H3. The zero-order valence-corrected chi connectivity index (χ0v) is 16.6. The molecule has 3 rings (SSSR count). The van der Waals surface area contributed by atoms with Crippen LogP contribution in [-0.2, 0) is 10.0 Å². The van der Waals surface area contributed by atoms with Gasteiger partial charge in [0.15, 0.2) is 0 Å². The summed E-state index contributed by atoms with van der Waals surface area (Å²) in [4.78, 5) is 0. The van der Waals surface area contributed by atoms with E-state index in [-0.39, 0.29) is 6.54 Å². The quantitative estimate of drug-likeness (QED) is 0.646. The fourth-order valence-corrected chi connectivity index (χ4v) is 3.71. The molecule has 1 atom stereocenters. The van der Waals surface area contributed by atoms with E-state index in [1.807, 2.05) is 37.3 Å². The van der Waals surface area contributed by atoms with Crippen LogP contribution in [0.2, 0.25) is 0 Å². The third-order valence-corrected chi connectivity index (χ3v) is 5.47. The van der Waals surface area contributed by atoms with Gasteiger partial charge in [-0.15, -0.1) is 0 Å². The highest BCUT2D eigenvalue weighted by molar-refractivity contribution is 7.92. The van der Waals surface area contributed by atoms with Crippen molar-refractivity contribution in [3.8, 4) is 11.5 Å². The van der Waals surface area contributed by atoms with Gasteiger partial charge in [-0.25, -0.2) is 8.42 Å². The lowest BCUT2D eigenvalue weighted by Crippen LogP contribution is -2.33. The van der Waals surface area contributed by atoms with Crippen LogP contribution in [0.4, 0.5) is 5.69 Å². The molecule has 0 heterocycles. The number of benzene rings is 3. The number of sulfonamides is 1. The molecule has 0 aliphatic rings. The molecule has 0 aromatic heterocycles. The topological polar surface area (TPSA) is 66.8 Å². The molecule has 5 nitrogen and oxygen atoms in total. The van der Waals surface area contributed by atoms with Gasteiger partial charge in [0.05, 0.1) is 24.6 Å². The van der Waals surface area contributed by atoms with Crippen molar-refractivity contribution in [2.75, 3.05) is 17.1 Å². The Labute approximate surface area is 165 Å². The van der Waals surface area contributed by atoms with Crippen LogP contribution in [-0.4, -0.2) is 26.3 Å². The summed E-state index contributed by atoms with van der Waals surface area (Å²) in [5, 5.41) is 10.5. The predicted molar refractivity (Wildman–Crippen MR) is 111 cm³/mol. The third-order valence-electron chi connectivity index (χ3n) is 4.30. The summed E-state index contributed by atoms with van der Waals surface area (Å²) in [6.45, 7) is 1.93. The second-order valence-corrected chi connectivity index (χ2v) is 8.54. The number of ether oxygens (including phenoxy) is 1. The molecule has 6 heteroatoms. The van der Waals surface area contributed by atoms with E-state index in [2.05, 4.69) is 0 Å². The highest BCUT2D eigenvalue weighted by Gasteiger charge is 2.22. The average Bonchev–Trinajstić information content (AvgIpc) is 2.68. The minimum absolute atomic E-state index is 0.0684. The van der Waals surface area contributed by atoms with Crippen molar-refractivity contribution in [2.45, 2.75) is 13.0 Å². The summed E-state index contributed by atoms with van der Waals surface area (Å²) < 4.78 is 31.6. The van der Waals surface area contributed by atoms with Gasteiger partial charge in [0.1, 0.15) is 11.5 Å². The van der Waals surface area contributed by atoms with Crippen LogP contribution >= 0.6 is 0 Å². The molecule has 1 N–H and O–H groups in total. The Morgan fingerprint density at radius 3 is 1.96 bits per heavy atom. The second-order valence-electron chi connectivity index (χ2n) is 6.63. The number of nitrogens with zero attached hydrogens (tertiary/aromatic N) is 1. The fraction of sp³-hybridized carbons (Fsp3) is 0.182. The van der Waals surface area contributed by atoms with Crippen molar-refractivity contribution < 1.29 is 18.3 Å². The molecule has 0 fully saturated rings. The summed E-state index contributed by atoms with van der Waals surface area (Å²) in [6.07, 6.45) is 0.195. The van der Waals surface area contributed by atoms with Crippen molar-refractivity contribution >= 4 is 15.7 Å². The largest absolute Gasteiger partial charge is 0.457 e. The summed E-state index contributed by atoms with van der Waals surface area (Å²) >= 11 is 0. The van der Waals surface area contributed by atoms with Crippen LogP contribution in [0.15, 0.2) is 78.9 Å². The van der Waals surface area contributed by atoms with Gasteiger partial charge in [0.2, 0.25) is 10.0 Å². The second kappa shape index (κ2) is 8.46. The Bertz CT molecular complexity index is 1000. The molecule has 0 spiro atoms. The van der Waals surface area contributed by atoms with Crippen molar-refractivity contribution in [3.63, 3.8) is 0 Å². The lowest BCUT2D eigenvalue weighted by molar-refractivity contribution is 0.187. The van der Waals surface area contributed by atoms with E-state index in [1.165, 1.54) is 4.31 Å². The molecule has 0 bridgehead atoms. The van der Waals surface area contributed by atoms with E-state index in [9.17, 15) is 13.5 Å². The molecule has 0 amide bonds. The van der Waals surface area contributed by atoms with Gasteiger partial charge in [-0.1, -0.05) is 48.0 Å². The van der Waals surface area contributed by atoms with E-state index in [0.717, 1.165) is 11.8 Å². The lowest BCUT2D eigenvalue weighted by Gasteiger charge is -2.25. The predicted octanol–water partition coefficient (Wildman–Crippen LogP) is 4.29. The van der Waals surface area contributed by atoms with Gasteiger partial charge in [-0.2, -0.15) is 0 Å². The number of hydrogen-bond acceptors (Lipinski definition) is 4. The Morgan fingerprint density at radius 2 is 1.43 bits per heavy atom. The molecular weight excluding hydrogens is 374 g/mol. The Morgan fingerprint density at radius 1 is 0.893 bits per heavy atom. The molecule has 28 heavy (non-hydrogen) atoms. The highest BCUT2D eigenvalue weighted by Crippen LogP contribution is 2.27. The summed E-state index contributed by atoms with van der Waals surface area (Å²) in [5.41, 5.74) is 2.27. The van der Waals surface area contributed by atoms with E-state index < -0.39 is 16.1 Å². The third kappa shape index (κ3) is 5.12. The Balaban J connectivity index is 1.78. The summed E-state index contributed by atoms with van der Waals surface area (Å²) in [6, 6.07) is 23.4. The first kappa shape index (κ1) is 19.9. The monoisotopic (exact) mass is 397 g/mol. The Hall–Kier alpha value is -2.83. The van der Waals surface area contributed by atoms with Gasteiger partial charge in [0, 0.05) is 0 Å². The Kier molecular flexibility index (Phi) is 6.02. The van der Waals surface area contributed by atoms with Crippen molar-refractivity contribution in [3.05, 3.63) is 90.0 Å². The normalized spacial score (nSPS) is 12.4.